The first kappa shape index (κ1) is 17.3. The number of nitrogens with zero attached hydrogens (tertiary/aromatic N) is 2. The van der Waals surface area contributed by atoms with E-state index in [0.717, 1.165) is 37.7 Å². The minimum absolute atomic E-state index is 0.203. The molecule has 2 rings (SSSR count). The summed E-state index contributed by atoms with van der Waals surface area (Å²) in [5, 5.41) is 10.8. The fourth-order valence-electron chi connectivity index (χ4n) is 2.17. The van der Waals surface area contributed by atoms with Gasteiger partial charge in [0.25, 0.3) is 0 Å². The highest BCUT2D eigenvalue weighted by Crippen LogP contribution is 2.13. The van der Waals surface area contributed by atoms with E-state index in [4.69, 9.17) is 0 Å². The Kier molecular flexibility index (Phi) is 6.87. The van der Waals surface area contributed by atoms with Crippen molar-refractivity contribution in [2.24, 2.45) is 4.99 Å². The Morgan fingerprint density at radius 3 is 2.87 bits per heavy atom. The van der Waals surface area contributed by atoms with Crippen LogP contribution < -0.4 is 15.5 Å². The third-order valence-corrected chi connectivity index (χ3v) is 4.21. The second-order valence-electron chi connectivity index (χ2n) is 5.24. The van der Waals surface area contributed by atoms with Gasteiger partial charge in [0.05, 0.1) is 0 Å². The second-order valence-corrected chi connectivity index (χ2v) is 6.02. The van der Waals surface area contributed by atoms with Crippen LogP contribution in [0.4, 0.5) is 10.1 Å². The maximum atomic E-state index is 13.2. The molecule has 0 saturated carbocycles. The molecular formula is C17H23FN4S. The van der Waals surface area contributed by atoms with Gasteiger partial charge in [-0.15, -0.1) is 0 Å². The van der Waals surface area contributed by atoms with Gasteiger partial charge in [0.2, 0.25) is 0 Å². The lowest BCUT2D eigenvalue weighted by molar-refractivity contribution is 0.626. The largest absolute Gasteiger partial charge is 0.374 e. The molecule has 1 aromatic carbocycles. The molecule has 0 bridgehead atoms. The topological polar surface area (TPSA) is 39.7 Å². The monoisotopic (exact) mass is 334 g/mol. The smallest absolute Gasteiger partial charge is 0.191 e. The summed E-state index contributed by atoms with van der Waals surface area (Å²) in [7, 11) is 3.74. The van der Waals surface area contributed by atoms with Crippen molar-refractivity contribution >= 4 is 23.0 Å². The van der Waals surface area contributed by atoms with E-state index >= 15 is 0 Å². The Hall–Kier alpha value is -2.08. The molecule has 0 spiro atoms. The summed E-state index contributed by atoms with van der Waals surface area (Å²) < 4.78 is 13.2. The summed E-state index contributed by atoms with van der Waals surface area (Å²) >= 11 is 1.69. The summed E-state index contributed by atoms with van der Waals surface area (Å²) in [4.78, 5) is 6.26. The van der Waals surface area contributed by atoms with Crippen LogP contribution in [0.2, 0.25) is 0 Å². The quantitative estimate of drug-likeness (QED) is 0.464. The first-order chi connectivity index (χ1) is 11.2. The number of anilines is 1. The van der Waals surface area contributed by atoms with Crippen molar-refractivity contribution < 1.29 is 4.39 Å². The SMILES string of the molecule is CN=C(NCCCN(C)c1cccc(F)c1)NCc1ccsc1. The Morgan fingerprint density at radius 1 is 1.30 bits per heavy atom. The minimum Gasteiger partial charge on any atom is -0.374 e. The molecule has 23 heavy (non-hydrogen) atoms. The Balaban J connectivity index is 1.67. The molecule has 2 N–H and O–H groups in total. The number of guanidine groups is 1. The van der Waals surface area contributed by atoms with Gasteiger partial charge >= 0.3 is 0 Å². The van der Waals surface area contributed by atoms with E-state index in [1.165, 1.54) is 11.6 Å². The zero-order valence-electron chi connectivity index (χ0n) is 13.6. The molecule has 6 heteroatoms. The van der Waals surface area contributed by atoms with Crippen LogP contribution in [0.15, 0.2) is 46.1 Å². The number of rotatable bonds is 7. The summed E-state index contributed by atoms with van der Waals surface area (Å²) in [6, 6.07) is 8.75. The summed E-state index contributed by atoms with van der Waals surface area (Å²) in [6.45, 7) is 2.42. The van der Waals surface area contributed by atoms with Gasteiger partial charge in [-0.05, 0) is 47.0 Å². The summed E-state index contributed by atoms with van der Waals surface area (Å²) in [6.07, 6.45) is 0.937. The van der Waals surface area contributed by atoms with E-state index in [-0.39, 0.29) is 5.82 Å². The van der Waals surface area contributed by atoms with Crippen LogP contribution in [0.5, 0.6) is 0 Å². The highest BCUT2D eigenvalue weighted by Gasteiger charge is 2.03. The highest BCUT2D eigenvalue weighted by atomic mass is 32.1. The number of hydrogen-bond acceptors (Lipinski definition) is 3. The van der Waals surface area contributed by atoms with E-state index < -0.39 is 0 Å². The molecule has 4 nitrogen and oxygen atoms in total. The maximum Gasteiger partial charge on any atom is 0.191 e. The van der Waals surface area contributed by atoms with E-state index in [2.05, 4.69) is 32.5 Å². The van der Waals surface area contributed by atoms with E-state index in [0.29, 0.717) is 0 Å². The van der Waals surface area contributed by atoms with Crippen molar-refractivity contribution in [1.29, 1.82) is 0 Å². The number of halogens is 1. The maximum absolute atomic E-state index is 13.2. The molecule has 0 saturated heterocycles. The van der Waals surface area contributed by atoms with Gasteiger partial charge in [-0.3, -0.25) is 4.99 Å². The average Bonchev–Trinajstić information content (AvgIpc) is 3.07. The minimum atomic E-state index is -0.203. The van der Waals surface area contributed by atoms with Gasteiger partial charge in [0, 0.05) is 39.4 Å². The molecule has 124 valence electrons. The molecule has 0 aliphatic rings. The van der Waals surface area contributed by atoms with Crippen molar-refractivity contribution in [2.75, 3.05) is 32.1 Å². The normalized spacial score (nSPS) is 11.3. The fourth-order valence-corrected chi connectivity index (χ4v) is 2.83. The number of thiophene rings is 1. The van der Waals surface area contributed by atoms with E-state index in [1.54, 1.807) is 30.5 Å². The lowest BCUT2D eigenvalue weighted by Gasteiger charge is -2.19. The molecule has 0 radical (unpaired) electrons. The van der Waals surface area contributed by atoms with Gasteiger partial charge in [-0.1, -0.05) is 6.07 Å². The third-order valence-electron chi connectivity index (χ3n) is 3.48. The van der Waals surface area contributed by atoms with Gasteiger partial charge in [0.15, 0.2) is 5.96 Å². The van der Waals surface area contributed by atoms with Gasteiger partial charge in [0.1, 0.15) is 5.82 Å². The first-order valence-corrected chi connectivity index (χ1v) is 8.55. The number of benzene rings is 1. The molecule has 0 unspecified atom stereocenters. The standard InChI is InChI=1S/C17H23FN4S/c1-19-17(21-12-14-7-10-23-13-14)20-8-4-9-22(2)16-6-3-5-15(18)11-16/h3,5-7,10-11,13H,4,8-9,12H2,1-2H3,(H2,19,20,21). The van der Waals surface area contributed by atoms with Crippen LogP contribution in [0.25, 0.3) is 0 Å². The molecular weight excluding hydrogens is 311 g/mol. The van der Waals surface area contributed by atoms with Crippen LogP contribution in [0, 0.1) is 5.82 Å². The Morgan fingerprint density at radius 2 is 2.17 bits per heavy atom. The molecule has 2 aromatic rings. The van der Waals surface area contributed by atoms with E-state index in [1.807, 2.05) is 18.0 Å². The van der Waals surface area contributed by atoms with Gasteiger partial charge in [-0.2, -0.15) is 11.3 Å². The predicted molar refractivity (Wildman–Crippen MR) is 96.8 cm³/mol. The second kappa shape index (κ2) is 9.15. The van der Waals surface area contributed by atoms with Crippen LogP contribution in [-0.4, -0.2) is 33.1 Å². The first-order valence-electron chi connectivity index (χ1n) is 7.61. The van der Waals surface area contributed by atoms with Gasteiger partial charge < -0.3 is 15.5 Å². The molecule has 0 fully saturated rings. The molecule has 0 amide bonds. The molecule has 1 heterocycles. The Bertz CT molecular complexity index is 613. The molecule has 0 aliphatic carbocycles. The van der Waals surface area contributed by atoms with Gasteiger partial charge in [-0.25, -0.2) is 4.39 Å². The Labute approximate surface area is 141 Å². The average molecular weight is 334 g/mol. The molecule has 0 atom stereocenters. The highest BCUT2D eigenvalue weighted by molar-refractivity contribution is 7.07. The van der Waals surface area contributed by atoms with Crippen LogP contribution in [-0.2, 0) is 6.54 Å². The van der Waals surface area contributed by atoms with Crippen LogP contribution in [0.1, 0.15) is 12.0 Å². The van der Waals surface area contributed by atoms with Crippen molar-refractivity contribution in [3.8, 4) is 0 Å². The summed E-state index contributed by atoms with van der Waals surface area (Å²) in [5.74, 6) is 0.593. The third kappa shape index (κ3) is 5.90. The predicted octanol–water partition coefficient (Wildman–Crippen LogP) is 3.08. The van der Waals surface area contributed by atoms with Crippen LogP contribution >= 0.6 is 11.3 Å². The van der Waals surface area contributed by atoms with Crippen molar-refractivity contribution in [3.05, 3.63) is 52.5 Å². The number of hydrogen-bond donors (Lipinski definition) is 2. The molecule has 0 aliphatic heterocycles. The number of aliphatic imine (C=N–C) groups is 1. The lowest BCUT2D eigenvalue weighted by atomic mass is 10.2. The number of nitrogens with one attached hydrogen (secondary N) is 2. The van der Waals surface area contributed by atoms with E-state index in [9.17, 15) is 4.39 Å². The fraction of sp³-hybridized carbons (Fsp3) is 0.353. The zero-order chi connectivity index (χ0) is 16.5. The zero-order valence-corrected chi connectivity index (χ0v) is 14.4. The van der Waals surface area contributed by atoms with Crippen molar-refractivity contribution in [2.45, 2.75) is 13.0 Å². The lowest BCUT2D eigenvalue weighted by Crippen LogP contribution is -2.38. The van der Waals surface area contributed by atoms with Crippen molar-refractivity contribution in [3.63, 3.8) is 0 Å². The summed E-state index contributed by atoms with van der Waals surface area (Å²) in [5.41, 5.74) is 2.15. The molecule has 1 aromatic heterocycles. The van der Waals surface area contributed by atoms with Crippen molar-refractivity contribution in [1.82, 2.24) is 10.6 Å². The van der Waals surface area contributed by atoms with Crippen LogP contribution in [0.3, 0.4) is 0 Å².